The molecule has 0 saturated carbocycles. The molecule has 0 aliphatic rings. The Morgan fingerprint density at radius 2 is 2.39 bits per heavy atom. The molecule has 2 rings (SSSR count). The number of ether oxygens (including phenoxy) is 1. The quantitative estimate of drug-likeness (QED) is 0.870. The summed E-state index contributed by atoms with van der Waals surface area (Å²) in [5, 5.41) is 2.53. The predicted octanol–water partition coefficient (Wildman–Crippen LogP) is 1.95. The second kappa shape index (κ2) is 5.31. The molecule has 0 saturated heterocycles. The number of nitrogens with zero attached hydrogens (tertiary/aromatic N) is 1. The lowest BCUT2D eigenvalue weighted by atomic mass is 10.3. The van der Waals surface area contributed by atoms with Crippen molar-refractivity contribution in [1.82, 2.24) is 9.97 Å². The first kappa shape index (κ1) is 12.1. The molecule has 2 N–H and O–H groups in total. The van der Waals surface area contributed by atoms with Gasteiger partial charge in [-0.3, -0.25) is 10.1 Å². The highest BCUT2D eigenvalue weighted by Crippen LogP contribution is 2.14. The topological polar surface area (TPSA) is 67.0 Å². The van der Waals surface area contributed by atoms with Crippen molar-refractivity contribution in [2.24, 2.45) is 0 Å². The first-order valence-corrected chi connectivity index (χ1v) is 5.37. The lowest BCUT2D eigenvalue weighted by Gasteiger charge is -2.13. The summed E-state index contributed by atoms with van der Waals surface area (Å²) in [6, 6.07) is 5.62. The maximum atomic E-state index is 12.9. The molecule has 1 aromatic carbocycles. The van der Waals surface area contributed by atoms with Gasteiger partial charge in [0.15, 0.2) is 6.10 Å². The largest absolute Gasteiger partial charge is 0.481 e. The third kappa shape index (κ3) is 3.07. The second-order valence-corrected chi connectivity index (χ2v) is 3.64. The van der Waals surface area contributed by atoms with Gasteiger partial charge in [-0.25, -0.2) is 9.37 Å². The molecule has 0 radical (unpaired) electrons. The lowest BCUT2D eigenvalue weighted by Crippen LogP contribution is -2.30. The van der Waals surface area contributed by atoms with Gasteiger partial charge in [-0.2, -0.15) is 0 Å². The van der Waals surface area contributed by atoms with Gasteiger partial charge in [0.1, 0.15) is 11.6 Å². The minimum absolute atomic E-state index is 0.303. The molecule has 94 valence electrons. The fourth-order valence-electron chi connectivity index (χ4n) is 1.35. The SMILES string of the molecule is CC(Oc1cccc(F)c1)C(=O)Nc1ncc[nH]1. The highest BCUT2D eigenvalue weighted by Gasteiger charge is 2.15. The number of carbonyl (C=O) groups excluding carboxylic acids is 1. The van der Waals surface area contributed by atoms with Crippen LogP contribution in [0.2, 0.25) is 0 Å². The minimum Gasteiger partial charge on any atom is -0.481 e. The van der Waals surface area contributed by atoms with E-state index in [9.17, 15) is 9.18 Å². The number of amides is 1. The molecule has 0 aliphatic carbocycles. The molecule has 0 aliphatic heterocycles. The average molecular weight is 249 g/mol. The molecule has 0 fully saturated rings. The third-order valence-electron chi connectivity index (χ3n) is 2.22. The fraction of sp³-hybridized carbons (Fsp3) is 0.167. The Morgan fingerprint density at radius 1 is 1.56 bits per heavy atom. The number of carbonyl (C=O) groups is 1. The molecular formula is C12H12FN3O2. The highest BCUT2D eigenvalue weighted by atomic mass is 19.1. The van der Waals surface area contributed by atoms with Gasteiger partial charge < -0.3 is 9.72 Å². The Balaban J connectivity index is 1.95. The molecule has 2 aromatic rings. The summed E-state index contributed by atoms with van der Waals surface area (Å²) < 4.78 is 18.2. The Labute approximate surface area is 103 Å². The molecule has 1 atom stereocenters. The van der Waals surface area contributed by atoms with Crippen LogP contribution in [0.4, 0.5) is 10.3 Å². The average Bonchev–Trinajstić information content (AvgIpc) is 2.81. The van der Waals surface area contributed by atoms with Crippen LogP contribution in [0.5, 0.6) is 5.75 Å². The number of nitrogens with one attached hydrogen (secondary N) is 2. The van der Waals surface area contributed by atoms with Crippen LogP contribution in [0.3, 0.4) is 0 Å². The Hall–Kier alpha value is -2.37. The van der Waals surface area contributed by atoms with Gasteiger partial charge in [0.25, 0.3) is 5.91 Å². The van der Waals surface area contributed by atoms with Gasteiger partial charge in [0.05, 0.1) is 0 Å². The summed E-state index contributed by atoms with van der Waals surface area (Å²) in [5.41, 5.74) is 0. The van der Waals surface area contributed by atoms with Crippen LogP contribution in [0.1, 0.15) is 6.92 Å². The molecular weight excluding hydrogens is 237 g/mol. The van der Waals surface area contributed by atoms with Gasteiger partial charge in [-0.1, -0.05) is 6.07 Å². The van der Waals surface area contributed by atoms with Crippen LogP contribution in [-0.4, -0.2) is 22.0 Å². The van der Waals surface area contributed by atoms with E-state index in [0.717, 1.165) is 0 Å². The minimum atomic E-state index is -0.753. The van der Waals surface area contributed by atoms with Crippen molar-refractivity contribution in [3.05, 3.63) is 42.5 Å². The van der Waals surface area contributed by atoms with E-state index in [0.29, 0.717) is 11.7 Å². The van der Waals surface area contributed by atoms with Crippen molar-refractivity contribution in [2.45, 2.75) is 13.0 Å². The van der Waals surface area contributed by atoms with Crippen LogP contribution in [0, 0.1) is 5.82 Å². The first-order valence-electron chi connectivity index (χ1n) is 5.37. The summed E-state index contributed by atoms with van der Waals surface area (Å²) in [5.74, 6) is -0.132. The zero-order valence-corrected chi connectivity index (χ0v) is 9.68. The summed E-state index contributed by atoms with van der Waals surface area (Å²) in [6.45, 7) is 1.57. The van der Waals surface area contributed by atoms with Crippen LogP contribution in [0.15, 0.2) is 36.7 Å². The molecule has 1 heterocycles. The summed E-state index contributed by atoms with van der Waals surface area (Å²) >= 11 is 0. The Bertz CT molecular complexity index is 528. The molecule has 0 bridgehead atoms. The number of rotatable bonds is 4. The van der Waals surface area contributed by atoms with E-state index in [1.54, 1.807) is 19.2 Å². The monoisotopic (exact) mass is 249 g/mol. The van der Waals surface area contributed by atoms with E-state index in [-0.39, 0.29) is 5.91 Å². The number of aromatic amines is 1. The molecule has 5 nitrogen and oxygen atoms in total. The van der Waals surface area contributed by atoms with Crippen molar-refractivity contribution < 1.29 is 13.9 Å². The smallest absolute Gasteiger partial charge is 0.267 e. The Kier molecular flexibility index (Phi) is 3.57. The maximum absolute atomic E-state index is 12.9. The number of benzene rings is 1. The van der Waals surface area contributed by atoms with Gasteiger partial charge in [-0.05, 0) is 19.1 Å². The van der Waals surface area contributed by atoms with E-state index in [1.165, 1.54) is 24.4 Å². The zero-order chi connectivity index (χ0) is 13.0. The van der Waals surface area contributed by atoms with Crippen LogP contribution >= 0.6 is 0 Å². The van der Waals surface area contributed by atoms with Gasteiger partial charge in [0, 0.05) is 18.5 Å². The van der Waals surface area contributed by atoms with E-state index in [1.807, 2.05) is 0 Å². The summed E-state index contributed by atoms with van der Waals surface area (Å²) in [4.78, 5) is 18.3. The van der Waals surface area contributed by atoms with Gasteiger partial charge in [0.2, 0.25) is 5.95 Å². The van der Waals surface area contributed by atoms with E-state index >= 15 is 0 Å². The van der Waals surface area contributed by atoms with Crippen LogP contribution in [-0.2, 0) is 4.79 Å². The van der Waals surface area contributed by atoms with E-state index in [2.05, 4.69) is 15.3 Å². The van der Waals surface area contributed by atoms with Crippen molar-refractivity contribution in [1.29, 1.82) is 0 Å². The number of aromatic nitrogens is 2. The lowest BCUT2D eigenvalue weighted by molar-refractivity contribution is -0.122. The standard InChI is InChI=1S/C12H12FN3O2/c1-8(11(17)16-12-14-5-6-15-12)18-10-4-2-3-9(13)7-10/h2-8H,1H3,(H2,14,15,16,17). The number of imidazole rings is 1. The maximum Gasteiger partial charge on any atom is 0.267 e. The fourth-order valence-corrected chi connectivity index (χ4v) is 1.35. The van der Waals surface area contributed by atoms with Gasteiger partial charge in [-0.15, -0.1) is 0 Å². The summed E-state index contributed by atoms with van der Waals surface area (Å²) in [7, 11) is 0. The van der Waals surface area contributed by atoms with Crippen LogP contribution < -0.4 is 10.1 Å². The Morgan fingerprint density at radius 3 is 3.06 bits per heavy atom. The molecule has 1 aromatic heterocycles. The molecule has 6 heteroatoms. The molecule has 0 spiro atoms. The normalized spacial score (nSPS) is 11.9. The number of H-pyrrole nitrogens is 1. The number of halogens is 1. The van der Waals surface area contributed by atoms with Crippen molar-refractivity contribution in [3.63, 3.8) is 0 Å². The van der Waals surface area contributed by atoms with Crippen LogP contribution in [0.25, 0.3) is 0 Å². The number of anilines is 1. The molecule has 1 unspecified atom stereocenters. The van der Waals surface area contributed by atoms with E-state index in [4.69, 9.17) is 4.74 Å². The second-order valence-electron chi connectivity index (χ2n) is 3.64. The first-order chi connectivity index (χ1) is 8.65. The highest BCUT2D eigenvalue weighted by molar-refractivity contribution is 5.92. The third-order valence-corrected chi connectivity index (χ3v) is 2.22. The van der Waals surface area contributed by atoms with Crippen molar-refractivity contribution >= 4 is 11.9 Å². The summed E-state index contributed by atoms with van der Waals surface area (Å²) in [6.07, 6.45) is 2.36. The van der Waals surface area contributed by atoms with Crippen molar-refractivity contribution in [2.75, 3.05) is 5.32 Å². The number of hydrogen-bond donors (Lipinski definition) is 2. The van der Waals surface area contributed by atoms with Crippen molar-refractivity contribution in [3.8, 4) is 5.75 Å². The predicted molar refractivity (Wildman–Crippen MR) is 63.7 cm³/mol. The molecule has 1 amide bonds. The zero-order valence-electron chi connectivity index (χ0n) is 9.68. The van der Waals surface area contributed by atoms with Gasteiger partial charge >= 0.3 is 0 Å². The van der Waals surface area contributed by atoms with E-state index < -0.39 is 11.9 Å². The number of hydrogen-bond acceptors (Lipinski definition) is 3. The molecule has 18 heavy (non-hydrogen) atoms.